The lowest BCUT2D eigenvalue weighted by atomic mass is 9.93. The second-order valence-electron chi connectivity index (χ2n) is 14.5. The van der Waals surface area contributed by atoms with Crippen LogP contribution in [-0.2, 0) is 0 Å². The molecule has 2 nitrogen and oxygen atoms in total. The predicted octanol–water partition coefficient (Wildman–Crippen LogP) is 15.5. The Morgan fingerprint density at radius 1 is 0.321 bits per heavy atom. The summed E-state index contributed by atoms with van der Waals surface area (Å²) in [5.74, 6) is 0. The van der Waals surface area contributed by atoms with Gasteiger partial charge in [-0.25, -0.2) is 0 Å². The molecule has 1 aromatic heterocycles. The van der Waals surface area contributed by atoms with E-state index in [1.54, 1.807) is 0 Å². The van der Waals surface area contributed by atoms with Gasteiger partial charge in [-0.05, 0) is 103 Å². The normalized spacial score (nSPS) is 11.6. The van der Waals surface area contributed by atoms with Crippen LogP contribution in [0.25, 0.3) is 87.6 Å². The number of furan rings is 1. The van der Waals surface area contributed by atoms with Crippen molar-refractivity contribution in [3.05, 3.63) is 212 Å². The molecule has 0 bridgehead atoms. The molecule has 0 aliphatic heterocycles. The second-order valence-corrected chi connectivity index (χ2v) is 14.5. The molecule has 0 N–H and O–H groups in total. The maximum absolute atomic E-state index is 6.70. The molecule has 0 spiro atoms. The molecule has 0 unspecified atom stereocenters. The summed E-state index contributed by atoms with van der Waals surface area (Å²) in [6.45, 7) is 0. The third-order valence-corrected chi connectivity index (χ3v) is 11.2. The van der Waals surface area contributed by atoms with E-state index in [4.69, 9.17) is 4.42 Å². The molecular weight excluding hydrogens is 679 g/mol. The summed E-state index contributed by atoms with van der Waals surface area (Å²) in [5.41, 5.74) is 12.2. The van der Waals surface area contributed by atoms with Crippen molar-refractivity contribution in [3.63, 3.8) is 0 Å². The van der Waals surface area contributed by atoms with Crippen LogP contribution in [0.3, 0.4) is 0 Å². The molecule has 0 radical (unpaired) electrons. The van der Waals surface area contributed by atoms with Crippen molar-refractivity contribution >= 4 is 71.3 Å². The van der Waals surface area contributed by atoms with Gasteiger partial charge in [-0.1, -0.05) is 170 Å². The van der Waals surface area contributed by atoms with E-state index in [1.807, 2.05) is 6.07 Å². The molecule has 1 heterocycles. The van der Waals surface area contributed by atoms with Crippen LogP contribution in [0.4, 0.5) is 17.1 Å². The maximum Gasteiger partial charge on any atom is 0.145 e. The molecule has 0 saturated carbocycles. The number of anilines is 3. The first kappa shape index (κ1) is 32.0. The lowest BCUT2D eigenvalue weighted by molar-refractivity contribution is 0.672. The van der Waals surface area contributed by atoms with E-state index in [9.17, 15) is 0 Å². The first-order chi connectivity index (χ1) is 27.8. The highest BCUT2D eigenvalue weighted by atomic mass is 16.3. The zero-order chi connectivity index (χ0) is 37.0. The van der Waals surface area contributed by atoms with Crippen molar-refractivity contribution in [2.45, 2.75) is 0 Å². The van der Waals surface area contributed by atoms with Gasteiger partial charge < -0.3 is 9.32 Å². The fourth-order valence-electron chi connectivity index (χ4n) is 8.54. The molecule has 2 heteroatoms. The van der Waals surface area contributed by atoms with Gasteiger partial charge in [0.05, 0.1) is 11.1 Å². The number of benzene rings is 10. The molecular formula is C54H35NO. The third kappa shape index (κ3) is 5.34. The average Bonchev–Trinajstić information content (AvgIpc) is 3.67. The van der Waals surface area contributed by atoms with Gasteiger partial charge in [0.1, 0.15) is 11.2 Å². The predicted molar refractivity (Wildman–Crippen MR) is 237 cm³/mol. The highest BCUT2D eigenvalue weighted by molar-refractivity contribution is 6.22. The van der Waals surface area contributed by atoms with Crippen LogP contribution in [0.2, 0.25) is 0 Å². The van der Waals surface area contributed by atoms with Crippen LogP contribution < -0.4 is 4.90 Å². The van der Waals surface area contributed by atoms with E-state index in [-0.39, 0.29) is 0 Å². The number of fused-ring (bicyclic) bond motifs is 8. The van der Waals surface area contributed by atoms with Crippen LogP contribution in [0.1, 0.15) is 0 Å². The van der Waals surface area contributed by atoms with Gasteiger partial charge in [-0.3, -0.25) is 0 Å². The Morgan fingerprint density at radius 3 is 1.59 bits per heavy atom. The Kier molecular flexibility index (Phi) is 7.53. The van der Waals surface area contributed by atoms with Crippen molar-refractivity contribution in [1.29, 1.82) is 0 Å². The number of nitrogens with zero attached hydrogens (tertiary/aromatic N) is 1. The Labute approximate surface area is 325 Å². The molecule has 262 valence electrons. The highest BCUT2D eigenvalue weighted by Crippen LogP contribution is 2.47. The molecule has 10 aromatic carbocycles. The van der Waals surface area contributed by atoms with Crippen molar-refractivity contribution in [2.24, 2.45) is 0 Å². The number of para-hydroxylation sites is 1. The molecule has 11 rings (SSSR count). The van der Waals surface area contributed by atoms with E-state index < -0.39 is 0 Å². The van der Waals surface area contributed by atoms with Crippen LogP contribution in [0.5, 0.6) is 0 Å². The quantitative estimate of drug-likeness (QED) is 0.160. The van der Waals surface area contributed by atoms with Crippen LogP contribution in [-0.4, -0.2) is 0 Å². The average molecular weight is 714 g/mol. The van der Waals surface area contributed by atoms with E-state index in [1.165, 1.54) is 54.9 Å². The standard InChI is InChI=1S/C54H35NO/c1-2-13-36(14-3-1)37-25-27-38(28-26-37)39-29-31-43(32-30-39)55(51-35-42-16-5-7-20-46(42)54-53(51)49-23-10-11-24-52(49)56-54)44-18-12-17-40(33-44)50-34-41-15-4-6-19-45(41)47-21-8-9-22-48(47)50/h1-35H. The van der Waals surface area contributed by atoms with Crippen LogP contribution in [0.15, 0.2) is 217 Å². The highest BCUT2D eigenvalue weighted by Gasteiger charge is 2.22. The monoisotopic (exact) mass is 713 g/mol. The SMILES string of the molecule is c1ccc(-c2ccc(-c3ccc(N(c4cccc(-c5cc6ccccc6c6ccccc56)c4)c4cc5ccccc5c5oc6ccccc6c45)cc3)cc2)cc1. The van der Waals surface area contributed by atoms with Crippen molar-refractivity contribution < 1.29 is 4.42 Å². The number of hydrogen-bond donors (Lipinski definition) is 0. The summed E-state index contributed by atoms with van der Waals surface area (Å²) in [7, 11) is 0. The summed E-state index contributed by atoms with van der Waals surface area (Å²) >= 11 is 0. The van der Waals surface area contributed by atoms with Crippen LogP contribution >= 0.6 is 0 Å². The van der Waals surface area contributed by atoms with Crippen molar-refractivity contribution in [3.8, 4) is 33.4 Å². The molecule has 0 fully saturated rings. The van der Waals surface area contributed by atoms with Gasteiger partial charge in [0.15, 0.2) is 0 Å². The van der Waals surface area contributed by atoms with E-state index in [0.717, 1.165) is 49.8 Å². The van der Waals surface area contributed by atoms with Gasteiger partial charge in [-0.2, -0.15) is 0 Å². The fourth-order valence-corrected chi connectivity index (χ4v) is 8.54. The van der Waals surface area contributed by atoms with E-state index in [2.05, 4.69) is 211 Å². The van der Waals surface area contributed by atoms with Gasteiger partial charge in [0.25, 0.3) is 0 Å². The zero-order valence-corrected chi connectivity index (χ0v) is 30.6. The van der Waals surface area contributed by atoms with Crippen LogP contribution in [0, 0.1) is 0 Å². The van der Waals surface area contributed by atoms with E-state index in [0.29, 0.717) is 0 Å². The smallest absolute Gasteiger partial charge is 0.145 e. The van der Waals surface area contributed by atoms with Crippen molar-refractivity contribution in [2.75, 3.05) is 4.90 Å². The topological polar surface area (TPSA) is 16.4 Å². The van der Waals surface area contributed by atoms with E-state index >= 15 is 0 Å². The number of rotatable bonds is 6. The fraction of sp³-hybridized carbons (Fsp3) is 0. The second kappa shape index (κ2) is 13.2. The molecule has 56 heavy (non-hydrogen) atoms. The lowest BCUT2D eigenvalue weighted by Gasteiger charge is -2.27. The third-order valence-electron chi connectivity index (χ3n) is 11.2. The van der Waals surface area contributed by atoms with Gasteiger partial charge >= 0.3 is 0 Å². The Balaban J connectivity index is 1.11. The minimum atomic E-state index is 0.880. The Morgan fingerprint density at radius 2 is 0.857 bits per heavy atom. The molecule has 11 aromatic rings. The summed E-state index contributed by atoms with van der Waals surface area (Å²) in [6.07, 6.45) is 0. The summed E-state index contributed by atoms with van der Waals surface area (Å²) in [4.78, 5) is 2.41. The Hall–Kier alpha value is -7.42. The van der Waals surface area contributed by atoms with Crippen molar-refractivity contribution in [1.82, 2.24) is 0 Å². The maximum atomic E-state index is 6.70. The van der Waals surface area contributed by atoms with Gasteiger partial charge in [0.2, 0.25) is 0 Å². The minimum Gasteiger partial charge on any atom is -0.455 e. The summed E-state index contributed by atoms with van der Waals surface area (Å²) in [5, 5.41) is 9.44. The van der Waals surface area contributed by atoms with Gasteiger partial charge in [0, 0.05) is 22.1 Å². The molecule has 0 atom stereocenters. The first-order valence-electron chi connectivity index (χ1n) is 19.2. The largest absolute Gasteiger partial charge is 0.455 e. The molecule has 0 aliphatic carbocycles. The lowest BCUT2D eigenvalue weighted by Crippen LogP contribution is -2.10. The number of hydrogen-bond acceptors (Lipinski definition) is 2. The first-order valence-corrected chi connectivity index (χ1v) is 19.2. The molecule has 0 saturated heterocycles. The molecule has 0 amide bonds. The van der Waals surface area contributed by atoms with Gasteiger partial charge in [-0.15, -0.1) is 0 Å². The zero-order valence-electron chi connectivity index (χ0n) is 30.6. The summed E-state index contributed by atoms with van der Waals surface area (Å²) in [6, 6.07) is 76.5. The minimum absolute atomic E-state index is 0.880. The Bertz CT molecular complexity index is 3230. The summed E-state index contributed by atoms with van der Waals surface area (Å²) < 4.78 is 6.70. The molecule has 0 aliphatic rings.